The van der Waals surface area contributed by atoms with E-state index in [1.54, 1.807) is 6.07 Å². The molecule has 1 rings (SSSR count). The molecule has 0 aliphatic heterocycles. The monoisotopic (exact) mass is 223 g/mol. The van der Waals surface area contributed by atoms with Gasteiger partial charge in [-0.05, 0) is 18.1 Å². The van der Waals surface area contributed by atoms with Gasteiger partial charge in [-0.25, -0.2) is 8.78 Å². The lowest BCUT2D eigenvalue weighted by molar-refractivity contribution is -0.116. The lowest BCUT2D eigenvalue weighted by Gasteiger charge is -2.10. The van der Waals surface area contributed by atoms with Crippen molar-refractivity contribution in [2.75, 3.05) is 0 Å². The van der Waals surface area contributed by atoms with Crippen molar-refractivity contribution in [3.8, 4) is 6.07 Å². The molecular formula is C12H11F2NO. The van der Waals surface area contributed by atoms with Crippen LogP contribution in [0.4, 0.5) is 8.78 Å². The third-order valence-corrected chi connectivity index (χ3v) is 2.24. The highest BCUT2D eigenvalue weighted by atomic mass is 19.3. The normalized spacial score (nSPS) is 10.2. The van der Waals surface area contributed by atoms with Crippen LogP contribution in [0.3, 0.4) is 0 Å². The minimum absolute atomic E-state index is 0.0941. The number of rotatable bonds is 4. The maximum Gasteiger partial charge on any atom is 0.264 e. The van der Waals surface area contributed by atoms with Gasteiger partial charge in [-0.2, -0.15) is 5.26 Å². The van der Waals surface area contributed by atoms with Crippen LogP contribution in [0.25, 0.3) is 0 Å². The van der Waals surface area contributed by atoms with Gasteiger partial charge in [0.05, 0.1) is 12.5 Å². The zero-order valence-electron chi connectivity index (χ0n) is 8.84. The molecule has 0 aliphatic carbocycles. The molecule has 0 aromatic heterocycles. The van der Waals surface area contributed by atoms with Crippen LogP contribution in [0.15, 0.2) is 18.2 Å². The highest BCUT2D eigenvalue weighted by Crippen LogP contribution is 2.26. The first-order valence-corrected chi connectivity index (χ1v) is 4.81. The van der Waals surface area contributed by atoms with Crippen LogP contribution in [-0.4, -0.2) is 5.78 Å². The molecule has 0 amide bonds. The third-order valence-electron chi connectivity index (χ3n) is 2.24. The van der Waals surface area contributed by atoms with Gasteiger partial charge < -0.3 is 0 Å². The number of halogens is 2. The van der Waals surface area contributed by atoms with Crippen LogP contribution in [0.2, 0.25) is 0 Å². The summed E-state index contributed by atoms with van der Waals surface area (Å²) < 4.78 is 25.3. The Morgan fingerprint density at radius 2 is 2.19 bits per heavy atom. The molecule has 0 saturated carbocycles. The molecule has 0 aliphatic rings. The number of hydrogen-bond donors (Lipinski definition) is 0. The maximum absolute atomic E-state index is 12.7. The fourth-order valence-corrected chi connectivity index (χ4v) is 1.59. The molecule has 4 heteroatoms. The van der Waals surface area contributed by atoms with Gasteiger partial charge in [-0.15, -0.1) is 0 Å². The zero-order chi connectivity index (χ0) is 12.1. The van der Waals surface area contributed by atoms with Crippen LogP contribution in [-0.2, 0) is 17.6 Å². The SMILES string of the molecule is CC(=O)Cc1cccc(C(F)F)c1CC#N. The second-order valence-electron chi connectivity index (χ2n) is 3.50. The average Bonchev–Trinajstić information content (AvgIpc) is 2.19. The number of nitriles is 1. The second-order valence-corrected chi connectivity index (χ2v) is 3.50. The quantitative estimate of drug-likeness (QED) is 0.787. The molecule has 1 aromatic rings. The highest BCUT2D eigenvalue weighted by molar-refractivity contribution is 5.78. The molecular weight excluding hydrogens is 212 g/mol. The van der Waals surface area contributed by atoms with E-state index >= 15 is 0 Å². The summed E-state index contributed by atoms with van der Waals surface area (Å²) in [5.74, 6) is -0.106. The molecule has 16 heavy (non-hydrogen) atoms. The van der Waals surface area contributed by atoms with Gasteiger partial charge in [0.1, 0.15) is 5.78 Å². The summed E-state index contributed by atoms with van der Waals surface area (Å²) in [6.07, 6.45) is -2.61. The van der Waals surface area contributed by atoms with Crippen molar-refractivity contribution in [2.45, 2.75) is 26.2 Å². The summed E-state index contributed by atoms with van der Waals surface area (Å²) in [4.78, 5) is 11.0. The van der Waals surface area contributed by atoms with Crippen molar-refractivity contribution in [2.24, 2.45) is 0 Å². The van der Waals surface area contributed by atoms with Crippen LogP contribution in [0, 0.1) is 11.3 Å². The Kier molecular flexibility index (Phi) is 4.12. The molecule has 0 fully saturated rings. The van der Waals surface area contributed by atoms with E-state index in [0.29, 0.717) is 5.56 Å². The molecule has 0 spiro atoms. The van der Waals surface area contributed by atoms with Crippen molar-refractivity contribution in [3.63, 3.8) is 0 Å². The number of ketones is 1. The first kappa shape index (κ1) is 12.3. The van der Waals surface area contributed by atoms with Crippen molar-refractivity contribution in [3.05, 3.63) is 34.9 Å². The molecule has 0 N–H and O–H groups in total. The van der Waals surface area contributed by atoms with E-state index in [-0.39, 0.29) is 29.8 Å². The topological polar surface area (TPSA) is 40.9 Å². The molecule has 2 nitrogen and oxygen atoms in total. The van der Waals surface area contributed by atoms with Gasteiger partial charge in [-0.1, -0.05) is 18.2 Å². The lowest BCUT2D eigenvalue weighted by atomic mass is 9.96. The van der Waals surface area contributed by atoms with E-state index in [2.05, 4.69) is 0 Å². The average molecular weight is 223 g/mol. The summed E-state index contributed by atoms with van der Waals surface area (Å²) >= 11 is 0. The van der Waals surface area contributed by atoms with Gasteiger partial charge in [0, 0.05) is 12.0 Å². The largest absolute Gasteiger partial charge is 0.300 e. The summed E-state index contributed by atoms with van der Waals surface area (Å²) in [5, 5.41) is 8.60. The Bertz CT molecular complexity index is 435. The van der Waals surface area contributed by atoms with Crippen molar-refractivity contribution < 1.29 is 13.6 Å². The Labute approximate surface area is 92.5 Å². The molecule has 0 unspecified atom stereocenters. The number of alkyl halides is 2. The zero-order valence-corrected chi connectivity index (χ0v) is 8.84. The third kappa shape index (κ3) is 2.86. The highest BCUT2D eigenvalue weighted by Gasteiger charge is 2.16. The molecule has 1 aromatic carbocycles. The van der Waals surface area contributed by atoms with E-state index in [1.165, 1.54) is 19.1 Å². The number of carbonyl (C=O) groups excluding carboxylic acids is 1. The number of carbonyl (C=O) groups is 1. The van der Waals surface area contributed by atoms with Crippen molar-refractivity contribution in [1.82, 2.24) is 0 Å². The molecule has 0 heterocycles. The smallest absolute Gasteiger partial charge is 0.264 e. The van der Waals surface area contributed by atoms with Crippen LogP contribution < -0.4 is 0 Å². The fraction of sp³-hybridized carbons (Fsp3) is 0.333. The Morgan fingerprint density at radius 3 is 2.69 bits per heavy atom. The first-order valence-electron chi connectivity index (χ1n) is 4.81. The number of benzene rings is 1. The van der Waals surface area contributed by atoms with Gasteiger partial charge in [0.25, 0.3) is 6.43 Å². The number of hydrogen-bond acceptors (Lipinski definition) is 2. The molecule has 84 valence electrons. The van der Waals surface area contributed by atoms with Gasteiger partial charge >= 0.3 is 0 Å². The van der Waals surface area contributed by atoms with E-state index in [1.807, 2.05) is 6.07 Å². The van der Waals surface area contributed by atoms with Gasteiger partial charge in [0.15, 0.2) is 0 Å². The molecule has 0 saturated heterocycles. The predicted molar refractivity (Wildman–Crippen MR) is 55.1 cm³/mol. The predicted octanol–water partition coefficient (Wildman–Crippen LogP) is 2.82. The number of nitrogens with zero attached hydrogens (tertiary/aromatic N) is 1. The van der Waals surface area contributed by atoms with E-state index < -0.39 is 6.43 Å². The van der Waals surface area contributed by atoms with E-state index in [9.17, 15) is 13.6 Å². The summed E-state index contributed by atoms with van der Waals surface area (Å²) in [6, 6.07) is 6.24. The minimum Gasteiger partial charge on any atom is -0.300 e. The van der Waals surface area contributed by atoms with Crippen LogP contribution in [0.5, 0.6) is 0 Å². The summed E-state index contributed by atoms with van der Waals surface area (Å²) in [6.45, 7) is 1.39. The standard InChI is InChI=1S/C12H11F2NO/c1-8(16)7-9-3-2-4-11(12(13)14)10(9)5-6-15/h2-4,12H,5,7H2,1H3. The fourth-order valence-electron chi connectivity index (χ4n) is 1.59. The molecule has 0 atom stereocenters. The Hall–Kier alpha value is -1.76. The van der Waals surface area contributed by atoms with E-state index in [0.717, 1.165) is 0 Å². The van der Waals surface area contributed by atoms with Crippen molar-refractivity contribution >= 4 is 5.78 Å². The van der Waals surface area contributed by atoms with Crippen LogP contribution in [0.1, 0.15) is 30.0 Å². The summed E-state index contributed by atoms with van der Waals surface area (Å²) in [5.41, 5.74) is 0.655. The first-order chi connectivity index (χ1) is 7.56. The minimum atomic E-state index is -2.62. The summed E-state index contributed by atoms with van der Waals surface area (Å²) in [7, 11) is 0. The lowest BCUT2D eigenvalue weighted by Crippen LogP contribution is -2.04. The second kappa shape index (κ2) is 5.36. The molecule has 0 bridgehead atoms. The Balaban J connectivity index is 3.21. The number of Topliss-reactive ketones (excluding diaryl/α,β-unsaturated/α-hetero) is 1. The van der Waals surface area contributed by atoms with Crippen LogP contribution >= 0.6 is 0 Å². The molecule has 0 radical (unpaired) electrons. The van der Waals surface area contributed by atoms with E-state index in [4.69, 9.17) is 5.26 Å². The van der Waals surface area contributed by atoms with Gasteiger partial charge in [-0.3, -0.25) is 4.79 Å². The van der Waals surface area contributed by atoms with Gasteiger partial charge in [0.2, 0.25) is 0 Å². The van der Waals surface area contributed by atoms with Crippen molar-refractivity contribution in [1.29, 1.82) is 5.26 Å². The maximum atomic E-state index is 12.7. The Morgan fingerprint density at radius 1 is 1.50 bits per heavy atom.